The Morgan fingerprint density at radius 2 is 1.81 bits per heavy atom. The molecule has 1 aromatic carbocycles. The van der Waals surface area contributed by atoms with Gasteiger partial charge < -0.3 is 10.6 Å². The van der Waals surface area contributed by atoms with Gasteiger partial charge in [0.15, 0.2) is 5.69 Å². The lowest BCUT2D eigenvalue weighted by Gasteiger charge is -2.21. The first kappa shape index (κ1) is 20.2. The number of pyridine rings is 1. The standard InChI is InChI=1S/C23H25N7O2/c1-12-16(11-26-28-12)21-15-6-4-3-5-14(15)19-17(27-21)7-8-18-20(19)22(30-29-18)23(32)25-10-9-24-13(2)31/h7-8,11H,3-6,9-10H2,1-2H3,(H,24,31)(H,25,32)(H,26,28)(H,29,30). The molecule has 2 amide bonds. The fourth-order valence-corrected chi connectivity index (χ4v) is 4.61. The highest BCUT2D eigenvalue weighted by atomic mass is 16.2. The molecular formula is C23H25N7O2. The van der Waals surface area contributed by atoms with E-state index in [2.05, 4.69) is 31.0 Å². The van der Waals surface area contributed by atoms with Gasteiger partial charge in [-0.15, -0.1) is 0 Å². The molecule has 0 saturated carbocycles. The molecule has 0 atom stereocenters. The molecule has 0 fully saturated rings. The van der Waals surface area contributed by atoms with Crippen LogP contribution in [0.2, 0.25) is 0 Å². The summed E-state index contributed by atoms with van der Waals surface area (Å²) in [4.78, 5) is 29.0. The molecular weight excluding hydrogens is 406 g/mol. The molecule has 1 aliphatic carbocycles. The Morgan fingerprint density at radius 3 is 2.56 bits per heavy atom. The predicted molar refractivity (Wildman–Crippen MR) is 121 cm³/mol. The number of aromatic amines is 2. The second kappa shape index (κ2) is 8.07. The maximum Gasteiger partial charge on any atom is 0.272 e. The smallest absolute Gasteiger partial charge is 0.272 e. The number of nitrogens with zero attached hydrogens (tertiary/aromatic N) is 3. The summed E-state index contributed by atoms with van der Waals surface area (Å²) >= 11 is 0. The molecule has 0 bridgehead atoms. The average Bonchev–Trinajstić information content (AvgIpc) is 3.41. The average molecular weight is 432 g/mol. The Morgan fingerprint density at radius 1 is 1.03 bits per heavy atom. The highest BCUT2D eigenvalue weighted by Gasteiger charge is 2.25. The first-order valence-corrected chi connectivity index (χ1v) is 10.9. The van der Waals surface area contributed by atoms with Crippen LogP contribution in [0.5, 0.6) is 0 Å². The summed E-state index contributed by atoms with van der Waals surface area (Å²) in [6.07, 6.45) is 5.93. The second-order valence-electron chi connectivity index (χ2n) is 8.23. The minimum absolute atomic E-state index is 0.128. The van der Waals surface area contributed by atoms with Crippen LogP contribution in [-0.2, 0) is 17.6 Å². The van der Waals surface area contributed by atoms with E-state index in [1.165, 1.54) is 18.1 Å². The molecule has 0 spiro atoms. The molecule has 1 aliphatic rings. The molecule has 0 unspecified atom stereocenters. The van der Waals surface area contributed by atoms with Gasteiger partial charge >= 0.3 is 0 Å². The van der Waals surface area contributed by atoms with Crippen molar-refractivity contribution in [2.24, 2.45) is 0 Å². The highest BCUT2D eigenvalue weighted by Crippen LogP contribution is 2.39. The monoisotopic (exact) mass is 431 g/mol. The summed E-state index contributed by atoms with van der Waals surface area (Å²) in [5, 5.41) is 21.9. The Kier molecular flexibility index (Phi) is 5.08. The van der Waals surface area contributed by atoms with Crippen molar-refractivity contribution in [3.05, 3.63) is 40.8 Å². The van der Waals surface area contributed by atoms with Crippen molar-refractivity contribution in [3.63, 3.8) is 0 Å². The molecule has 5 rings (SSSR count). The number of benzene rings is 1. The minimum atomic E-state index is -0.270. The van der Waals surface area contributed by atoms with Gasteiger partial charge in [0.05, 0.1) is 22.9 Å². The topological polar surface area (TPSA) is 128 Å². The molecule has 4 aromatic rings. The van der Waals surface area contributed by atoms with Crippen molar-refractivity contribution in [2.75, 3.05) is 13.1 Å². The van der Waals surface area contributed by atoms with E-state index >= 15 is 0 Å². The Balaban J connectivity index is 1.65. The quantitative estimate of drug-likeness (QED) is 0.361. The lowest BCUT2D eigenvalue weighted by atomic mass is 9.85. The van der Waals surface area contributed by atoms with Crippen molar-refractivity contribution >= 4 is 33.6 Å². The first-order chi connectivity index (χ1) is 15.5. The number of aromatic nitrogens is 5. The number of hydrogen-bond acceptors (Lipinski definition) is 5. The molecule has 3 aromatic heterocycles. The van der Waals surface area contributed by atoms with Crippen molar-refractivity contribution in [3.8, 4) is 11.3 Å². The number of carbonyl (C=O) groups excluding carboxylic acids is 2. The fraction of sp³-hybridized carbons (Fsp3) is 0.348. The van der Waals surface area contributed by atoms with Crippen LogP contribution < -0.4 is 10.6 Å². The van der Waals surface area contributed by atoms with Crippen molar-refractivity contribution < 1.29 is 9.59 Å². The summed E-state index contributed by atoms with van der Waals surface area (Å²) in [7, 11) is 0. The number of hydrogen-bond donors (Lipinski definition) is 4. The molecule has 9 nitrogen and oxygen atoms in total. The normalized spacial score (nSPS) is 13.3. The molecule has 32 heavy (non-hydrogen) atoms. The van der Waals surface area contributed by atoms with Gasteiger partial charge in [-0.2, -0.15) is 10.2 Å². The molecule has 0 saturated heterocycles. The molecule has 0 aliphatic heterocycles. The summed E-state index contributed by atoms with van der Waals surface area (Å²) < 4.78 is 0. The van der Waals surface area contributed by atoms with Gasteiger partial charge in [-0.25, -0.2) is 4.98 Å². The Hall–Kier alpha value is -3.75. The number of aryl methyl sites for hydroxylation is 2. The van der Waals surface area contributed by atoms with Gasteiger partial charge in [0.25, 0.3) is 5.91 Å². The third kappa shape index (κ3) is 3.39. The van der Waals surface area contributed by atoms with Crippen LogP contribution in [0.25, 0.3) is 33.1 Å². The predicted octanol–water partition coefficient (Wildman–Crippen LogP) is 2.55. The number of rotatable bonds is 5. The Bertz CT molecular complexity index is 1350. The molecule has 0 radical (unpaired) electrons. The van der Waals surface area contributed by atoms with Crippen LogP contribution in [-0.4, -0.2) is 50.3 Å². The van der Waals surface area contributed by atoms with Gasteiger partial charge in [-0.05, 0) is 55.9 Å². The van der Waals surface area contributed by atoms with Crippen molar-refractivity contribution in [1.82, 2.24) is 36.0 Å². The molecule has 4 N–H and O–H groups in total. The zero-order valence-electron chi connectivity index (χ0n) is 18.1. The number of nitrogens with one attached hydrogen (secondary N) is 4. The van der Waals surface area contributed by atoms with Crippen molar-refractivity contribution in [2.45, 2.75) is 39.5 Å². The first-order valence-electron chi connectivity index (χ1n) is 10.9. The zero-order valence-corrected chi connectivity index (χ0v) is 18.1. The van der Waals surface area contributed by atoms with E-state index < -0.39 is 0 Å². The van der Waals surface area contributed by atoms with E-state index in [9.17, 15) is 9.59 Å². The number of H-pyrrole nitrogens is 2. The van der Waals surface area contributed by atoms with E-state index in [0.717, 1.165) is 64.4 Å². The molecule has 3 heterocycles. The summed E-state index contributed by atoms with van der Waals surface area (Å²) in [5.41, 5.74) is 7.49. The lowest BCUT2D eigenvalue weighted by molar-refractivity contribution is -0.118. The number of amides is 2. The van der Waals surface area contributed by atoms with E-state index in [4.69, 9.17) is 4.98 Å². The van der Waals surface area contributed by atoms with Crippen LogP contribution in [0.4, 0.5) is 0 Å². The van der Waals surface area contributed by atoms with Gasteiger partial charge in [-0.1, -0.05) is 0 Å². The van der Waals surface area contributed by atoms with Crippen LogP contribution >= 0.6 is 0 Å². The summed E-state index contributed by atoms with van der Waals surface area (Å²) in [5.74, 6) is -0.398. The third-order valence-corrected chi connectivity index (χ3v) is 6.08. The van der Waals surface area contributed by atoms with Crippen LogP contribution in [0.1, 0.15) is 47.1 Å². The largest absolute Gasteiger partial charge is 0.355 e. The lowest BCUT2D eigenvalue weighted by Crippen LogP contribution is -2.33. The molecule has 9 heteroatoms. The van der Waals surface area contributed by atoms with Gasteiger partial charge in [0.2, 0.25) is 5.91 Å². The molecule has 164 valence electrons. The SMILES string of the molecule is CC(=O)NCCNC(=O)c1n[nH]c2ccc3nc(-c4cn[nH]c4C)c4c(c3c12)CCCC4. The van der Waals surface area contributed by atoms with Gasteiger partial charge in [0, 0.05) is 42.0 Å². The van der Waals surface area contributed by atoms with E-state index in [1.807, 2.05) is 25.3 Å². The number of fused-ring (bicyclic) bond motifs is 5. The maximum absolute atomic E-state index is 12.9. The highest BCUT2D eigenvalue weighted by molar-refractivity contribution is 6.17. The van der Waals surface area contributed by atoms with Crippen molar-refractivity contribution in [1.29, 1.82) is 0 Å². The zero-order chi connectivity index (χ0) is 22.2. The minimum Gasteiger partial charge on any atom is -0.355 e. The summed E-state index contributed by atoms with van der Waals surface area (Å²) in [6.45, 7) is 4.16. The van der Waals surface area contributed by atoms with Crippen LogP contribution in [0, 0.1) is 6.92 Å². The number of carbonyl (C=O) groups is 2. The summed E-state index contributed by atoms with van der Waals surface area (Å²) in [6, 6.07) is 3.91. The van der Waals surface area contributed by atoms with E-state index in [0.29, 0.717) is 18.8 Å². The second-order valence-corrected chi connectivity index (χ2v) is 8.23. The van der Waals surface area contributed by atoms with E-state index in [-0.39, 0.29) is 11.8 Å². The van der Waals surface area contributed by atoms with Crippen LogP contribution in [0.15, 0.2) is 18.3 Å². The fourth-order valence-electron chi connectivity index (χ4n) is 4.61. The van der Waals surface area contributed by atoms with E-state index in [1.54, 1.807) is 0 Å². The third-order valence-electron chi connectivity index (χ3n) is 6.08. The Labute approximate surface area is 184 Å². The maximum atomic E-state index is 12.9. The van der Waals surface area contributed by atoms with Gasteiger partial charge in [0.1, 0.15) is 0 Å². The van der Waals surface area contributed by atoms with Gasteiger partial charge in [-0.3, -0.25) is 19.8 Å². The van der Waals surface area contributed by atoms with Crippen LogP contribution in [0.3, 0.4) is 0 Å².